The molecule has 0 saturated carbocycles. The van der Waals surface area contributed by atoms with E-state index in [2.05, 4.69) is 23.2 Å². The zero-order chi connectivity index (χ0) is 21.3. The molecule has 1 aliphatic heterocycles. The SMILES string of the molecule is C=C.CC.Cn1cc2c(c1C(=O)Nc1ccc(F)c(C#N)c1)CCCNS2=O. The second kappa shape index (κ2) is 11.2. The number of anilines is 1. The fraction of sp³-hybridized carbons (Fsp3) is 0.300. The van der Waals surface area contributed by atoms with Crippen LogP contribution < -0.4 is 10.0 Å². The number of aryl methyl sites for hydroxylation is 1. The number of amides is 1. The Labute approximate surface area is 167 Å². The second-order valence-corrected chi connectivity index (χ2v) is 6.72. The molecule has 0 fully saturated rings. The molecule has 2 N–H and O–H groups in total. The highest BCUT2D eigenvalue weighted by atomic mass is 32.2. The molecular formula is C20H25FN4O2S. The molecule has 1 aromatic carbocycles. The van der Waals surface area contributed by atoms with Crippen LogP contribution in [0.15, 0.2) is 42.4 Å². The van der Waals surface area contributed by atoms with E-state index in [0.717, 1.165) is 18.1 Å². The van der Waals surface area contributed by atoms with Crippen molar-refractivity contribution < 1.29 is 13.4 Å². The minimum Gasteiger partial charge on any atom is -0.345 e. The fourth-order valence-corrected chi connectivity index (χ4v) is 3.89. The van der Waals surface area contributed by atoms with Gasteiger partial charge in [-0.05, 0) is 31.0 Å². The smallest absolute Gasteiger partial charge is 0.272 e. The third kappa shape index (κ3) is 5.15. The average molecular weight is 405 g/mol. The summed E-state index contributed by atoms with van der Waals surface area (Å²) in [4.78, 5) is 13.3. The number of nitrogens with zero attached hydrogens (tertiary/aromatic N) is 2. The van der Waals surface area contributed by atoms with Gasteiger partial charge >= 0.3 is 0 Å². The Bertz CT molecular complexity index is 902. The van der Waals surface area contributed by atoms with Crippen molar-refractivity contribution in [1.82, 2.24) is 9.29 Å². The lowest BCUT2D eigenvalue weighted by atomic mass is 10.1. The normalized spacial score (nSPS) is 14.8. The van der Waals surface area contributed by atoms with Crippen LogP contribution in [0.4, 0.5) is 10.1 Å². The van der Waals surface area contributed by atoms with E-state index in [1.54, 1.807) is 23.9 Å². The summed E-state index contributed by atoms with van der Waals surface area (Å²) < 4.78 is 30.1. The van der Waals surface area contributed by atoms with Crippen molar-refractivity contribution in [2.24, 2.45) is 7.05 Å². The lowest BCUT2D eigenvalue weighted by Crippen LogP contribution is -2.17. The van der Waals surface area contributed by atoms with Gasteiger partial charge in [0.25, 0.3) is 5.91 Å². The first-order valence-corrected chi connectivity index (χ1v) is 10.0. The molecule has 1 aliphatic rings. The maximum Gasteiger partial charge on any atom is 0.272 e. The first-order chi connectivity index (χ1) is 13.5. The number of halogens is 1. The molecule has 1 atom stereocenters. The molecule has 0 aliphatic carbocycles. The number of rotatable bonds is 2. The van der Waals surface area contributed by atoms with E-state index in [1.165, 1.54) is 12.1 Å². The van der Waals surface area contributed by atoms with Crippen LogP contribution in [0.5, 0.6) is 0 Å². The molecule has 0 radical (unpaired) electrons. The maximum absolute atomic E-state index is 13.4. The molecule has 0 spiro atoms. The Kier molecular flexibility index (Phi) is 9.28. The number of carbonyl (C=O) groups is 1. The summed E-state index contributed by atoms with van der Waals surface area (Å²) >= 11 is 0. The van der Waals surface area contributed by atoms with Crippen molar-refractivity contribution >= 4 is 22.6 Å². The fourth-order valence-electron chi connectivity index (χ4n) is 2.73. The van der Waals surface area contributed by atoms with Crippen LogP contribution in [-0.2, 0) is 24.5 Å². The Hall–Kier alpha value is -2.76. The Balaban J connectivity index is 0.000000921. The Morgan fingerprint density at radius 3 is 2.71 bits per heavy atom. The number of fused-ring (bicyclic) bond motifs is 1. The number of nitrogens with one attached hydrogen (secondary N) is 2. The Morgan fingerprint density at radius 2 is 2.07 bits per heavy atom. The number of nitriles is 1. The minimum atomic E-state index is -1.34. The Morgan fingerprint density at radius 1 is 1.39 bits per heavy atom. The summed E-state index contributed by atoms with van der Waals surface area (Å²) in [6.45, 7) is 10.6. The van der Waals surface area contributed by atoms with Gasteiger partial charge in [0.2, 0.25) is 0 Å². The van der Waals surface area contributed by atoms with Crippen LogP contribution in [-0.4, -0.2) is 21.2 Å². The topological polar surface area (TPSA) is 86.9 Å². The molecule has 0 saturated heterocycles. The van der Waals surface area contributed by atoms with Crippen molar-refractivity contribution in [2.75, 3.05) is 11.9 Å². The minimum absolute atomic E-state index is 0.135. The first-order valence-electron chi connectivity index (χ1n) is 8.85. The highest BCUT2D eigenvalue weighted by molar-refractivity contribution is 7.83. The second-order valence-electron chi connectivity index (χ2n) is 5.46. The van der Waals surface area contributed by atoms with E-state index in [0.29, 0.717) is 29.2 Å². The molecule has 0 bridgehead atoms. The van der Waals surface area contributed by atoms with Crippen LogP contribution in [0.2, 0.25) is 0 Å². The maximum atomic E-state index is 13.4. The third-order valence-electron chi connectivity index (χ3n) is 3.84. The molecule has 1 aromatic heterocycles. The van der Waals surface area contributed by atoms with Crippen LogP contribution in [0, 0.1) is 17.1 Å². The predicted octanol–water partition coefficient (Wildman–Crippen LogP) is 3.67. The third-order valence-corrected chi connectivity index (χ3v) is 5.06. The molecule has 150 valence electrons. The van der Waals surface area contributed by atoms with Gasteiger partial charge in [-0.3, -0.25) is 4.79 Å². The van der Waals surface area contributed by atoms with Crippen LogP contribution in [0.25, 0.3) is 0 Å². The summed E-state index contributed by atoms with van der Waals surface area (Å²) in [7, 11) is 0.378. The summed E-state index contributed by atoms with van der Waals surface area (Å²) in [5.74, 6) is -1.02. The molecule has 2 aromatic rings. The monoisotopic (exact) mass is 404 g/mol. The van der Waals surface area contributed by atoms with Gasteiger partial charge in [-0.15, -0.1) is 13.2 Å². The molecule has 1 unspecified atom stereocenters. The van der Waals surface area contributed by atoms with Crippen molar-refractivity contribution in [3.05, 3.63) is 60.2 Å². The van der Waals surface area contributed by atoms with Gasteiger partial charge in [-0.25, -0.2) is 13.3 Å². The van der Waals surface area contributed by atoms with Gasteiger partial charge in [-0.2, -0.15) is 5.26 Å². The predicted molar refractivity (Wildman–Crippen MR) is 110 cm³/mol. The summed E-state index contributed by atoms with van der Waals surface area (Å²) in [6.07, 6.45) is 3.10. The summed E-state index contributed by atoms with van der Waals surface area (Å²) in [6, 6.07) is 5.56. The van der Waals surface area contributed by atoms with E-state index in [4.69, 9.17) is 5.26 Å². The van der Waals surface area contributed by atoms with Crippen molar-refractivity contribution in [3.8, 4) is 6.07 Å². The number of benzene rings is 1. The van der Waals surface area contributed by atoms with E-state index in [9.17, 15) is 13.4 Å². The van der Waals surface area contributed by atoms with Crippen LogP contribution in [0.3, 0.4) is 0 Å². The first kappa shape index (κ1) is 23.3. The van der Waals surface area contributed by atoms with Crippen LogP contribution in [0.1, 0.15) is 41.9 Å². The molecule has 2 heterocycles. The highest BCUT2D eigenvalue weighted by Gasteiger charge is 2.25. The van der Waals surface area contributed by atoms with E-state index in [-0.39, 0.29) is 11.5 Å². The van der Waals surface area contributed by atoms with Gasteiger partial charge in [0.1, 0.15) is 28.6 Å². The summed E-state index contributed by atoms with van der Waals surface area (Å²) in [5.41, 5.74) is 1.37. The van der Waals surface area contributed by atoms with Gasteiger partial charge < -0.3 is 9.88 Å². The number of carbonyl (C=O) groups excluding carboxylic acids is 1. The molecule has 8 heteroatoms. The van der Waals surface area contributed by atoms with E-state index >= 15 is 0 Å². The van der Waals surface area contributed by atoms with Gasteiger partial charge in [0.15, 0.2) is 0 Å². The molecule has 1 amide bonds. The average Bonchev–Trinajstić information content (AvgIpc) is 2.95. The van der Waals surface area contributed by atoms with E-state index < -0.39 is 16.8 Å². The van der Waals surface area contributed by atoms with Crippen molar-refractivity contribution in [1.29, 1.82) is 5.26 Å². The quantitative estimate of drug-likeness (QED) is 0.749. The summed E-state index contributed by atoms with van der Waals surface area (Å²) in [5, 5.41) is 11.6. The van der Waals surface area contributed by atoms with Crippen molar-refractivity contribution in [3.63, 3.8) is 0 Å². The lowest BCUT2D eigenvalue weighted by Gasteiger charge is -2.09. The number of hydrogen-bond acceptors (Lipinski definition) is 3. The van der Waals surface area contributed by atoms with Gasteiger partial charge in [0.05, 0.1) is 10.5 Å². The zero-order valence-electron chi connectivity index (χ0n) is 16.3. The van der Waals surface area contributed by atoms with Gasteiger partial charge in [0, 0.05) is 31.0 Å². The molecular weight excluding hydrogens is 379 g/mol. The zero-order valence-corrected chi connectivity index (χ0v) is 17.2. The number of aromatic nitrogens is 1. The van der Waals surface area contributed by atoms with E-state index in [1.807, 2.05) is 13.8 Å². The van der Waals surface area contributed by atoms with Gasteiger partial charge in [-0.1, -0.05) is 13.8 Å². The standard InChI is InChI=1S/C16H15FN4O2S.C2H6.C2H4/c1-21-9-14-12(3-2-6-19-24(14)23)15(21)16(22)20-11-4-5-13(17)10(7-11)8-18;2*1-2/h4-5,7,9,19H,2-3,6H2,1H3,(H,20,22);1-2H3;1-2H2. The highest BCUT2D eigenvalue weighted by Crippen LogP contribution is 2.25. The van der Waals surface area contributed by atoms with Crippen LogP contribution >= 0.6 is 0 Å². The largest absolute Gasteiger partial charge is 0.345 e. The lowest BCUT2D eigenvalue weighted by molar-refractivity contribution is 0.101. The molecule has 3 rings (SSSR count). The number of hydrogen-bond donors (Lipinski definition) is 2. The molecule has 28 heavy (non-hydrogen) atoms. The molecule has 6 nitrogen and oxygen atoms in total. The van der Waals surface area contributed by atoms with Crippen molar-refractivity contribution in [2.45, 2.75) is 31.6 Å².